The summed E-state index contributed by atoms with van der Waals surface area (Å²) in [7, 11) is 0. The number of carbonyl (C=O) groups excluding carboxylic acids is 1. The molecule has 3 aromatic rings. The Morgan fingerprint density at radius 3 is 2.00 bits per heavy atom. The number of carbonyl (C=O) groups is 1. The summed E-state index contributed by atoms with van der Waals surface area (Å²) in [5, 5.41) is 0. The fourth-order valence-corrected chi connectivity index (χ4v) is 3.01. The summed E-state index contributed by atoms with van der Waals surface area (Å²) in [6, 6.07) is 28.5. The molecule has 0 aliphatic rings. The van der Waals surface area contributed by atoms with Crippen LogP contribution in [0, 0.1) is 6.92 Å². The van der Waals surface area contributed by atoms with Crippen molar-refractivity contribution in [1.82, 2.24) is 0 Å². The van der Waals surface area contributed by atoms with E-state index in [1.165, 1.54) is 16.7 Å². The molecule has 0 radical (unpaired) electrons. The van der Waals surface area contributed by atoms with Gasteiger partial charge in [0.25, 0.3) is 0 Å². The largest absolute Gasteiger partial charge is 0.294 e. The standard InChI is InChI=1S/C23H22O/c1-18-12-14-19(15-13-18)16-22(20-8-4-2-5-9-20)17-23(24)21-10-6-3-7-11-21/h2-15,22H,16-17H2,1H3/t22-/m1/s1. The Balaban J connectivity index is 1.82. The zero-order valence-corrected chi connectivity index (χ0v) is 14.0. The zero-order chi connectivity index (χ0) is 16.8. The molecule has 1 heteroatoms. The van der Waals surface area contributed by atoms with Crippen LogP contribution in [0.4, 0.5) is 0 Å². The van der Waals surface area contributed by atoms with E-state index in [0.29, 0.717) is 6.42 Å². The van der Waals surface area contributed by atoms with E-state index in [9.17, 15) is 4.79 Å². The Morgan fingerprint density at radius 2 is 1.38 bits per heavy atom. The fraction of sp³-hybridized carbons (Fsp3) is 0.174. The van der Waals surface area contributed by atoms with Gasteiger partial charge in [-0.2, -0.15) is 0 Å². The first-order valence-corrected chi connectivity index (χ1v) is 8.41. The first-order chi connectivity index (χ1) is 11.7. The summed E-state index contributed by atoms with van der Waals surface area (Å²) < 4.78 is 0. The zero-order valence-electron chi connectivity index (χ0n) is 14.0. The Bertz CT molecular complexity index is 773. The van der Waals surface area contributed by atoms with Crippen LogP contribution >= 0.6 is 0 Å². The number of hydrogen-bond acceptors (Lipinski definition) is 1. The van der Waals surface area contributed by atoms with Crippen molar-refractivity contribution in [2.45, 2.75) is 25.7 Å². The molecule has 0 amide bonds. The second kappa shape index (κ2) is 7.74. The Kier molecular flexibility index (Phi) is 5.22. The van der Waals surface area contributed by atoms with E-state index in [1.54, 1.807) is 0 Å². The van der Waals surface area contributed by atoms with Gasteiger partial charge in [0.1, 0.15) is 0 Å². The van der Waals surface area contributed by atoms with E-state index in [4.69, 9.17) is 0 Å². The van der Waals surface area contributed by atoms with Crippen molar-refractivity contribution >= 4 is 5.78 Å². The quantitative estimate of drug-likeness (QED) is 0.542. The second-order valence-corrected chi connectivity index (χ2v) is 6.29. The molecule has 120 valence electrons. The Hall–Kier alpha value is -2.67. The number of benzene rings is 3. The topological polar surface area (TPSA) is 17.1 Å². The van der Waals surface area contributed by atoms with Crippen molar-refractivity contribution in [2.24, 2.45) is 0 Å². The van der Waals surface area contributed by atoms with Crippen LogP contribution in [0.2, 0.25) is 0 Å². The highest BCUT2D eigenvalue weighted by Crippen LogP contribution is 2.26. The molecule has 0 N–H and O–H groups in total. The predicted octanol–water partition coefficient (Wildman–Crippen LogP) is 5.59. The van der Waals surface area contributed by atoms with Crippen LogP contribution in [-0.4, -0.2) is 5.78 Å². The van der Waals surface area contributed by atoms with Gasteiger partial charge in [0, 0.05) is 12.0 Å². The molecule has 0 saturated carbocycles. The van der Waals surface area contributed by atoms with Crippen molar-refractivity contribution < 1.29 is 4.79 Å². The van der Waals surface area contributed by atoms with Crippen molar-refractivity contribution in [3.63, 3.8) is 0 Å². The van der Waals surface area contributed by atoms with Crippen LogP contribution in [0.15, 0.2) is 84.9 Å². The van der Waals surface area contributed by atoms with Gasteiger partial charge in [0.2, 0.25) is 0 Å². The van der Waals surface area contributed by atoms with E-state index in [-0.39, 0.29) is 11.7 Å². The van der Waals surface area contributed by atoms with E-state index in [1.807, 2.05) is 48.5 Å². The van der Waals surface area contributed by atoms with Crippen LogP contribution in [-0.2, 0) is 6.42 Å². The van der Waals surface area contributed by atoms with Gasteiger partial charge in [-0.15, -0.1) is 0 Å². The van der Waals surface area contributed by atoms with Gasteiger partial charge in [-0.1, -0.05) is 90.5 Å². The van der Waals surface area contributed by atoms with E-state index < -0.39 is 0 Å². The van der Waals surface area contributed by atoms with Gasteiger partial charge in [-0.3, -0.25) is 4.79 Å². The van der Waals surface area contributed by atoms with Gasteiger partial charge in [0.05, 0.1) is 0 Å². The maximum atomic E-state index is 12.7. The maximum absolute atomic E-state index is 12.7. The highest BCUT2D eigenvalue weighted by atomic mass is 16.1. The predicted molar refractivity (Wildman–Crippen MR) is 99.5 cm³/mol. The minimum absolute atomic E-state index is 0.196. The number of rotatable bonds is 6. The number of aryl methyl sites for hydroxylation is 1. The molecular weight excluding hydrogens is 292 g/mol. The fourth-order valence-electron chi connectivity index (χ4n) is 3.01. The first kappa shape index (κ1) is 16.2. The molecular formula is C23H22O. The smallest absolute Gasteiger partial charge is 0.163 e. The molecule has 0 aliphatic heterocycles. The van der Waals surface area contributed by atoms with Gasteiger partial charge in [-0.05, 0) is 30.4 Å². The molecule has 0 aliphatic carbocycles. The maximum Gasteiger partial charge on any atom is 0.163 e. The van der Waals surface area contributed by atoms with Gasteiger partial charge < -0.3 is 0 Å². The summed E-state index contributed by atoms with van der Waals surface area (Å²) >= 11 is 0. The third-order valence-electron chi connectivity index (χ3n) is 4.40. The molecule has 0 saturated heterocycles. The summed E-state index contributed by atoms with van der Waals surface area (Å²) in [5.41, 5.74) is 4.55. The molecule has 1 nitrogen and oxygen atoms in total. The van der Waals surface area contributed by atoms with E-state index in [2.05, 4.69) is 43.3 Å². The molecule has 0 fully saturated rings. The van der Waals surface area contributed by atoms with Crippen molar-refractivity contribution in [1.29, 1.82) is 0 Å². The van der Waals surface area contributed by atoms with E-state index in [0.717, 1.165) is 12.0 Å². The van der Waals surface area contributed by atoms with Gasteiger partial charge in [-0.25, -0.2) is 0 Å². The summed E-state index contributed by atoms with van der Waals surface area (Å²) in [6.07, 6.45) is 1.41. The average molecular weight is 314 g/mol. The normalized spacial score (nSPS) is 11.9. The number of ketones is 1. The average Bonchev–Trinajstić information content (AvgIpc) is 2.64. The third-order valence-corrected chi connectivity index (χ3v) is 4.40. The van der Waals surface area contributed by atoms with Crippen molar-refractivity contribution in [3.05, 3.63) is 107 Å². The Morgan fingerprint density at radius 1 is 0.792 bits per heavy atom. The lowest BCUT2D eigenvalue weighted by atomic mass is 9.86. The molecule has 0 aromatic heterocycles. The van der Waals surface area contributed by atoms with Crippen LogP contribution in [0.25, 0.3) is 0 Å². The van der Waals surface area contributed by atoms with Crippen molar-refractivity contribution in [2.75, 3.05) is 0 Å². The van der Waals surface area contributed by atoms with Crippen LogP contribution in [0.1, 0.15) is 39.4 Å². The third kappa shape index (κ3) is 4.20. The molecule has 3 rings (SSSR count). The SMILES string of the molecule is Cc1ccc(C[C@H](CC(=O)c2ccccc2)c2ccccc2)cc1. The minimum atomic E-state index is 0.196. The van der Waals surface area contributed by atoms with Gasteiger partial charge >= 0.3 is 0 Å². The van der Waals surface area contributed by atoms with Crippen molar-refractivity contribution in [3.8, 4) is 0 Å². The highest BCUT2D eigenvalue weighted by molar-refractivity contribution is 5.96. The van der Waals surface area contributed by atoms with Crippen LogP contribution < -0.4 is 0 Å². The molecule has 24 heavy (non-hydrogen) atoms. The number of Topliss-reactive ketones (excluding diaryl/α,β-unsaturated/α-hetero) is 1. The Labute approximate surface area is 144 Å². The molecule has 3 aromatic carbocycles. The summed E-state index contributed by atoms with van der Waals surface area (Å²) in [6.45, 7) is 2.09. The molecule has 0 bridgehead atoms. The van der Waals surface area contributed by atoms with E-state index >= 15 is 0 Å². The lowest BCUT2D eigenvalue weighted by Gasteiger charge is -2.17. The molecule has 0 spiro atoms. The van der Waals surface area contributed by atoms with Crippen LogP contribution in [0.3, 0.4) is 0 Å². The lowest BCUT2D eigenvalue weighted by molar-refractivity contribution is 0.0973. The van der Waals surface area contributed by atoms with Gasteiger partial charge in [0.15, 0.2) is 5.78 Å². The van der Waals surface area contributed by atoms with Crippen LogP contribution in [0.5, 0.6) is 0 Å². The lowest BCUT2D eigenvalue weighted by Crippen LogP contribution is -2.10. The monoisotopic (exact) mass is 314 g/mol. The molecule has 0 heterocycles. The molecule has 1 atom stereocenters. The second-order valence-electron chi connectivity index (χ2n) is 6.29. The highest BCUT2D eigenvalue weighted by Gasteiger charge is 2.17. The minimum Gasteiger partial charge on any atom is -0.294 e. The molecule has 0 unspecified atom stereocenters. The summed E-state index contributed by atoms with van der Waals surface area (Å²) in [4.78, 5) is 12.7. The first-order valence-electron chi connectivity index (χ1n) is 8.41. The number of hydrogen-bond donors (Lipinski definition) is 0. The summed E-state index contributed by atoms with van der Waals surface area (Å²) in [5.74, 6) is 0.401.